The maximum atomic E-state index is 10.8. The SMILES string of the molecule is CC(C)C(C)C(N)=O.CNC(=O)C(C)C(C)C. The second-order valence-electron chi connectivity index (χ2n) is 5.08. The highest BCUT2D eigenvalue weighted by atomic mass is 16.2. The largest absolute Gasteiger partial charge is 0.369 e. The van der Waals surface area contributed by atoms with Gasteiger partial charge in [-0.2, -0.15) is 0 Å². The van der Waals surface area contributed by atoms with Gasteiger partial charge in [-0.3, -0.25) is 9.59 Å². The van der Waals surface area contributed by atoms with Crippen LogP contribution in [0.4, 0.5) is 0 Å². The Hall–Kier alpha value is -1.06. The average molecular weight is 244 g/mol. The molecule has 0 aromatic rings. The summed E-state index contributed by atoms with van der Waals surface area (Å²) >= 11 is 0. The van der Waals surface area contributed by atoms with Crippen molar-refractivity contribution in [2.75, 3.05) is 7.05 Å². The number of nitrogens with one attached hydrogen (secondary N) is 1. The van der Waals surface area contributed by atoms with Crippen molar-refractivity contribution < 1.29 is 9.59 Å². The van der Waals surface area contributed by atoms with Gasteiger partial charge < -0.3 is 11.1 Å². The Labute approximate surface area is 105 Å². The Morgan fingerprint density at radius 1 is 0.882 bits per heavy atom. The highest BCUT2D eigenvalue weighted by Crippen LogP contribution is 2.08. The van der Waals surface area contributed by atoms with Gasteiger partial charge in [0.15, 0.2) is 0 Å². The average Bonchev–Trinajstić information content (AvgIpc) is 2.26. The summed E-state index contributed by atoms with van der Waals surface area (Å²) in [5, 5.41) is 2.61. The summed E-state index contributed by atoms with van der Waals surface area (Å²) in [7, 11) is 1.67. The summed E-state index contributed by atoms with van der Waals surface area (Å²) in [5.41, 5.74) is 5.00. The molecule has 0 heterocycles. The van der Waals surface area contributed by atoms with E-state index in [4.69, 9.17) is 5.73 Å². The standard InChI is InChI=1S/C7H15NO.C6H13NO/c1-5(2)6(3)7(9)8-4;1-4(2)5(3)6(7)8/h5-6H,1-4H3,(H,8,9);4-5H,1-3H3,(H2,7,8). The number of hydrogen-bond acceptors (Lipinski definition) is 2. The Balaban J connectivity index is 0. The summed E-state index contributed by atoms with van der Waals surface area (Å²) in [6, 6.07) is 0. The van der Waals surface area contributed by atoms with E-state index in [-0.39, 0.29) is 23.7 Å². The number of carbonyl (C=O) groups excluding carboxylic acids is 2. The summed E-state index contributed by atoms with van der Waals surface area (Å²) < 4.78 is 0. The molecule has 0 aromatic heterocycles. The number of nitrogens with two attached hydrogens (primary N) is 1. The minimum atomic E-state index is -0.208. The third-order valence-corrected chi connectivity index (χ3v) is 3.11. The molecule has 2 atom stereocenters. The summed E-state index contributed by atoms with van der Waals surface area (Å²) in [6.07, 6.45) is 0. The van der Waals surface area contributed by atoms with Gasteiger partial charge in [0, 0.05) is 18.9 Å². The lowest BCUT2D eigenvalue weighted by Crippen LogP contribution is -2.28. The fourth-order valence-corrected chi connectivity index (χ4v) is 0.859. The van der Waals surface area contributed by atoms with Gasteiger partial charge in [-0.05, 0) is 11.8 Å². The lowest BCUT2D eigenvalue weighted by molar-refractivity contribution is -0.125. The van der Waals surface area contributed by atoms with Crippen LogP contribution in [-0.4, -0.2) is 18.9 Å². The van der Waals surface area contributed by atoms with Crippen molar-refractivity contribution in [2.24, 2.45) is 29.4 Å². The molecule has 0 aromatic carbocycles. The molecule has 0 spiro atoms. The minimum Gasteiger partial charge on any atom is -0.369 e. The quantitative estimate of drug-likeness (QED) is 0.791. The van der Waals surface area contributed by atoms with Crippen molar-refractivity contribution in [3.8, 4) is 0 Å². The molecule has 3 N–H and O–H groups in total. The number of hydrogen-bond donors (Lipinski definition) is 2. The fraction of sp³-hybridized carbons (Fsp3) is 0.846. The molecule has 0 saturated carbocycles. The van der Waals surface area contributed by atoms with Crippen LogP contribution in [0.2, 0.25) is 0 Å². The summed E-state index contributed by atoms with van der Waals surface area (Å²) in [5.74, 6) is 0.868. The van der Waals surface area contributed by atoms with Gasteiger partial charge >= 0.3 is 0 Å². The minimum absolute atomic E-state index is 0.00926. The summed E-state index contributed by atoms with van der Waals surface area (Å²) in [6.45, 7) is 11.8. The van der Waals surface area contributed by atoms with E-state index in [9.17, 15) is 9.59 Å². The Kier molecular flexibility index (Phi) is 9.72. The first-order valence-electron chi connectivity index (χ1n) is 6.16. The number of amides is 2. The third kappa shape index (κ3) is 8.72. The monoisotopic (exact) mass is 244 g/mol. The first-order chi connectivity index (χ1) is 7.64. The summed E-state index contributed by atoms with van der Waals surface area (Å²) in [4.78, 5) is 21.2. The van der Waals surface area contributed by atoms with Crippen LogP contribution in [0.25, 0.3) is 0 Å². The van der Waals surface area contributed by atoms with Crippen LogP contribution < -0.4 is 11.1 Å². The van der Waals surface area contributed by atoms with E-state index < -0.39 is 0 Å². The van der Waals surface area contributed by atoms with Gasteiger partial charge in [-0.25, -0.2) is 0 Å². The maximum Gasteiger partial charge on any atom is 0.222 e. The maximum absolute atomic E-state index is 10.8. The smallest absolute Gasteiger partial charge is 0.222 e. The van der Waals surface area contributed by atoms with Gasteiger partial charge in [0.25, 0.3) is 0 Å². The normalized spacial score (nSPS) is 13.7. The van der Waals surface area contributed by atoms with Crippen LogP contribution in [-0.2, 0) is 9.59 Å². The zero-order valence-electron chi connectivity index (χ0n) is 12.2. The molecule has 17 heavy (non-hydrogen) atoms. The van der Waals surface area contributed by atoms with Crippen molar-refractivity contribution in [1.29, 1.82) is 0 Å². The molecule has 102 valence electrons. The predicted molar refractivity (Wildman–Crippen MR) is 71.3 cm³/mol. The lowest BCUT2D eigenvalue weighted by atomic mass is 9.98. The molecule has 0 aliphatic carbocycles. The van der Waals surface area contributed by atoms with E-state index in [0.29, 0.717) is 11.8 Å². The topological polar surface area (TPSA) is 72.2 Å². The van der Waals surface area contributed by atoms with E-state index in [0.717, 1.165) is 0 Å². The van der Waals surface area contributed by atoms with Gasteiger partial charge in [-0.1, -0.05) is 41.5 Å². The number of primary amides is 1. The zero-order valence-corrected chi connectivity index (χ0v) is 12.2. The van der Waals surface area contributed by atoms with E-state index >= 15 is 0 Å². The molecule has 4 heteroatoms. The van der Waals surface area contributed by atoms with Crippen LogP contribution in [0.1, 0.15) is 41.5 Å². The van der Waals surface area contributed by atoms with E-state index in [2.05, 4.69) is 5.32 Å². The number of carbonyl (C=O) groups is 2. The zero-order chi connectivity index (χ0) is 14.2. The third-order valence-electron chi connectivity index (χ3n) is 3.11. The lowest BCUT2D eigenvalue weighted by Gasteiger charge is -2.12. The second kappa shape index (κ2) is 9.02. The molecule has 0 fully saturated rings. The Morgan fingerprint density at radius 3 is 1.29 bits per heavy atom. The number of rotatable bonds is 4. The van der Waals surface area contributed by atoms with Crippen molar-refractivity contribution in [3.63, 3.8) is 0 Å². The molecule has 0 rings (SSSR count). The predicted octanol–water partition coefficient (Wildman–Crippen LogP) is 1.79. The first kappa shape index (κ1) is 18.3. The van der Waals surface area contributed by atoms with Crippen molar-refractivity contribution in [2.45, 2.75) is 41.5 Å². The van der Waals surface area contributed by atoms with Gasteiger partial charge in [0.05, 0.1) is 0 Å². The Bertz CT molecular complexity index is 238. The molecule has 2 amide bonds. The van der Waals surface area contributed by atoms with Crippen molar-refractivity contribution in [3.05, 3.63) is 0 Å². The molecule has 0 aliphatic rings. The van der Waals surface area contributed by atoms with Crippen LogP contribution >= 0.6 is 0 Å². The van der Waals surface area contributed by atoms with Crippen molar-refractivity contribution in [1.82, 2.24) is 5.32 Å². The highest BCUT2D eigenvalue weighted by molar-refractivity contribution is 5.78. The van der Waals surface area contributed by atoms with E-state index in [1.807, 2.05) is 41.5 Å². The molecule has 2 unspecified atom stereocenters. The molecule has 0 radical (unpaired) electrons. The molecule has 0 bridgehead atoms. The van der Waals surface area contributed by atoms with Gasteiger partial charge in [0.1, 0.15) is 0 Å². The van der Waals surface area contributed by atoms with E-state index in [1.54, 1.807) is 7.05 Å². The molecule has 0 saturated heterocycles. The van der Waals surface area contributed by atoms with Crippen LogP contribution in [0, 0.1) is 23.7 Å². The fourth-order valence-electron chi connectivity index (χ4n) is 0.859. The molecule has 0 aliphatic heterocycles. The van der Waals surface area contributed by atoms with Crippen molar-refractivity contribution >= 4 is 11.8 Å². The molecule has 4 nitrogen and oxygen atoms in total. The van der Waals surface area contributed by atoms with Crippen LogP contribution in [0.5, 0.6) is 0 Å². The molecular weight excluding hydrogens is 216 g/mol. The second-order valence-corrected chi connectivity index (χ2v) is 5.08. The molecular formula is C13H28N2O2. The van der Waals surface area contributed by atoms with Crippen LogP contribution in [0.3, 0.4) is 0 Å². The Morgan fingerprint density at radius 2 is 1.24 bits per heavy atom. The van der Waals surface area contributed by atoms with Gasteiger partial charge in [0.2, 0.25) is 11.8 Å². The van der Waals surface area contributed by atoms with Gasteiger partial charge in [-0.15, -0.1) is 0 Å². The van der Waals surface area contributed by atoms with Crippen LogP contribution in [0.15, 0.2) is 0 Å². The van der Waals surface area contributed by atoms with E-state index in [1.165, 1.54) is 0 Å². The highest BCUT2D eigenvalue weighted by Gasteiger charge is 2.13. The first-order valence-corrected chi connectivity index (χ1v) is 6.16.